The predicted octanol–water partition coefficient (Wildman–Crippen LogP) is 0.641. The van der Waals surface area contributed by atoms with Crippen LogP contribution < -0.4 is 0 Å². The summed E-state index contributed by atoms with van der Waals surface area (Å²) in [5.41, 5.74) is 0. The fourth-order valence-corrected chi connectivity index (χ4v) is 0.155. The third-order valence-corrected chi connectivity index (χ3v) is 0.393. The molecule has 0 N–H and O–H groups in total. The van der Waals surface area contributed by atoms with Crippen molar-refractivity contribution in [2.45, 2.75) is 0 Å². The van der Waals surface area contributed by atoms with E-state index >= 15 is 0 Å². The summed E-state index contributed by atoms with van der Waals surface area (Å²) in [4.78, 5) is 8.93. The van der Waals surface area contributed by atoms with E-state index in [-0.39, 0.29) is 0 Å². The van der Waals surface area contributed by atoms with Crippen molar-refractivity contribution in [1.82, 2.24) is 0 Å². The molecule has 0 heterocycles. The van der Waals surface area contributed by atoms with E-state index in [2.05, 4.69) is 4.18 Å². The van der Waals surface area contributed by atoms with Crippen molar-refractivity contribution >= 4 is 17.7 Å². The molecule has 0 bridgehead atoms. The molecule has 0 rings (SSSR count). The summed E-state index contributed by atoms with van der Waals surface area (Å²) >= 11 is -3.32. The lowest BCUT2D eigenvalue weighted by atomic mass is 11.5. The molecule has 0 saturated heterocycles. The molecule has 3 nitrogen and oxygen atoms in total. The average molecular weight is 130 g/mol. The third kappa shape index (κ3) is 5.48. The van der Waals surface area contributed by atoms with E-state index in [0.29, 0.717) is 0 Å². The molecule has 0 aliphatic heterocycles. The van der Waals surface area contributed by atoms with Crippen LogP contribution >= 0.6 is 0 Å². The van der Waals surface area contributed by atoms with Crippen molar-refractivity contribution in [2.75, 3.05) is 0 Å². The lowest BCUT2D eigenvalue weighted by Crippen LogP contribution is -1.92. The minimum absolute atomic E-state index is 2.39. The van der Waals surface area contributed by atoms with Crippen LogP contribution in [-0.4, -0.2) is 10.4 Å². The summed E-state index contributed by atoms with van der Waals surface area (Å²) < 4.78 is 33.2. The maximum atomic E-state index is 10.7. The van der Waals surface area contributed by atoms with Gasteiger partial charge in [0.25, 0.3) is 0 Å². The number of rotatable bonds is 1. The summed E-state index contributed by atoms with van der Waals surface area (Å²) in [6, 6.07) is 0. The zero-order chi connectivity index (χ0) is 5.86. The average Bonchev–Trinajstić information content (AvgIpc) is 1.27. The van der Waals surface area contributed by atoms with Crippen molar-refractivity contribution in [1.29, 1.82) is 0 Å². The van der Waals surface area contributed by atoms with Gasteiger partial charge < -0.3 is 4.18 Å². The highest BCUT2D eigenvalue weighted by Crippen LogP contribution is 1.88. The Hall–Kier alpha value is -0.520. The highest BCUT2D eigenvalue weighted by Gasteiger charge is 2.02. The van der Waals surface area contributed by atoms with Gasteiger partial charge in [-0.15, -0.1) is 4.39 Å². The maximum absolute atomic E-state index is 10.7. The monoisotopic (exact) mass is 130 g/mol. The second-order valence-corrected chi connectivity index (χ2v) is 1.07. The molecule has 0 aliphatic rings. The number of carbonyl (C=O) groups is 1. The number of hydrogen-bond donors (Lipinski definition) is 0. The van der Waals surface area contributed by atoms with Crippen molar-refractivity contribution < 1.29 is 21.5 Å². The zero-order valence-corrected chi connectivity index (χ0v) is 3.71. The van der Waals surface area contributed by atoms with Crippen LogP contribution in [-0.2, 0) is 15.6 Å². The van der Waals surface area contributed by atoms with Crippen LogP contribution in [0.25, 0.3) is 0 Å². The van der Waals surface area contributed by atoms with Gasteiger partial charge in [-0.05, 0) is 0 Å². The van der Waals surface area contributed by atoms with Crippen LogP contribution in [0.15, 0.2) is 0 Å². The van der Waals surface area contributed by atoms with E-state index in [9.17, 15) is 8.28 Å². The van der Waals surface area contributed by atoms with Gasteiger partial charge in [0.2, 0.25) is 0 Å². The SMILES string of the molecule is O=C(F)OS(=O)F. The molecule has 7 heavy (non-hydrogen) atoms. The van der Waals surface area contributed by atoms with Crippen LogP contribution in [0, 0.1) is 0 Å². The third-order valence-electron chi connectivity index (χ3n) is 0.131. The largest absolute Gasteiger partial charge is 0.511 e. The van der Waals surface area contributed by atoms with E-state index < -0.39 is 17.7 Å². The van der Waals surface area contributed by atoms with Gasteiger partial charge in [0.15, 0.2) is 0 Å². The molecule has 0 aromatic rings. The summed E-state index contributed by atoms with van der Waals surface area (Å²) in [6.07, 6.45) is -2.39. The standard InChI is InChI=1S/CF2O3S/c2-1(4)6-7(3)5. The van der Waals surface area contributed by atoms with Crippen LogP contribution in [0.4, 0.5) is 13.1 Å². The predicted molar refractivity (Wildman–Crippen MR) is 16.8 cm³/mol. The van der Waals surface area contributed by atoms with Crippen molar-refractivity contribution in [2.24, 2.45) is 0 Å². The van der Waals surface area contributed by atoms with Gasteiger partial charge >= 0.3 is 17.7 Å². The second-order valence-electron chi connectivity index (χ2n) is 0.515. The van der Waals surface area contributed by atoms with Crippen molar-refractivity contribution in [3.05, 3.63) is 0 Å². The molecule has 0 aliphatic carbocycles. The maximum Gasteiger partial charge on any atom is 0.511 e. The van der Waals surface area contributed by atoms with Gasteiger partial charge in [0.1, 0.15) is 0 Å². The van der Waals surface area contributed by atoms with E-state index in [1.807, 2.05) is 0 Å². The Morgan fingerprint density at radius 2 is 2.14 bits per heavy atom. The first-order valence-electron chi connectivity index (χ1n) is 1.08. The lowest BCUT2D eigenvalue weighted by molar-refractivity contribution is 0.179. The summed E-state index contributed by atoms with van der Waals surface area (Å²) in [7, 11) is 0. The molecule has 0 aromatic carbocycles. The van der Waals surface area contributed by atoms with E-state index in [1.54, 1.807) is 0 Å². The molecule has 42 valence electrons. The van der Waals surface area contributed by atoms with Crippen LogP contribution in [0.1, 0.15) is 0 Å². The van der Waals surface area contributed by atoms with Gasteiger partial charge in [-0.25, -0.2) is 4.79 Å². The van der Waals surface area contributed by atoms with Crippen molar-refractivity contribution in [3.63, 3.8) is 0 Å². The first kappa shape index (κ1) is 6.48. The first-order valence-corrected chi connectivity index (χ1v) is 2.06. The zero-order valence-electron chi connectivity index (χ0n) is 2.89. The molecular weight excluding hydrogens is 130 g/mol. The van der Waals surface area contributed by atoms with Gasteiger partial charge in [0, 0.05) is 0 Å². The Balaban J connectivity index is 3.32. The Labute approximate surface area is 40.2 Å². The molecule has 0 spiro atoms. The first-order chi connectivity index (χ1) is 3.13. The molecule has 0 amide bonds. The van der Waals surface area contributed by atoms with Crippen molar-refractivity contribution in [3.8, 4) is 0 Å². The molecule has 0 aromatic heterocycles. The molecule has 0 saturated carbocycles. The second kappa shape index (κ2) is 2.62. The molecule has 0 radical (unpaired) electrons. The minimum atomic E-state index is -3.32. The van der Waals surface area contributed by atoms with Crippen LogP contribution in [0.5, 0.6) is 0 Å². The highest BCUT2D eigenvalue weighted by atomic mass is 32.2. The van der Waals surface area contributed by atoms with Gasteiger partial charge in [-0.1, -0.05) is 3.89 Å². The smallest absolute Gasteiger partial charge is 0.313 e. The molecule has 1 unspecified atom stereocenters. The fraction of sp³-hybridized carbons (Fsp3) is 0. The molecule has 6 heteroatoms. The number of hydrogen-bond acceptors (Lipinski definition) is 3. The van der Waals surface area contributed by atoms with Crippen LogP contribution in [0.2, 0.25) is 0 Å². The van der Waals surface area contributed by atoms with Gasteiger partial charge in [-0.3, -0.25) is 0 Å². The lowest BCUT2D eigenvalue weighted by Gasteiger charge is -1.79. The highest BCUT2D eigenvalue weighted by molar-refractivity contribution is 7.75. The van der Waals surface area contributed by atoms with Gasteiger partial charge in [0.05, 0.1) is 0 Å². The molecular formula is CF2O3S. The number of carbonyl (C=O) groups excluding carboxylic acids is 1. The normalized spacial score (nSPS) is 12.9. The van der Waals surface area contributed by atoms with E-state index in [4.69, 9.17) is 9.00 Å². The van der Waals surface area contributed by atoms with E-state index in [0.717, 1.165) is 0 Å². The Morgan fingerprint density at radius 1 is 1.71 bits per heavy atom. The van der Waals surface area contributed by atoms with Crippen LogP contribution in [0.3, 0.4) is 0 Å². The summed E-state index contributed by atoms with van der Waals surface area (Å²) in [6.45, 7) is 0. The molecule has 0 fully saturated rings. The molecule has 1 atom stereocenters. The Bertz CT molecular complexity index is 89.1. The minimum Gasteiger partial charge on any atom is -0.313 e. The summed E-state index contributed by atoms with van der Waals surface area (Å²) in [5, 5.41) is 0. The van der Waals surface area contributed by atoms with E-state index in [1.165, 1.54) is 0 Å². The number of halogens is 2. The quantitative estimate of drug-likeness (QED) is 0.489. The fourth-order valence-electron chi connectivity index (χ4n) is 0.0515. The summed E-state index contributed by atoms with van der Waals surface area (Å²) in [5.74, 6) is 0. The Kier molecular flexibility index (Phi) is 2.42. The Morgan fingerprint density at radius 3 is 2.14 bits per heavy atom. The van der Waals surface area contributed by atoms with Gasteiger partial charge in [-0.2, -0.15) is 4.21 Å². The topological polar surface area (TPSA) is 43.4 Å².